The van der Waals surface area contributed by atoms with Crippen LogP contribution >= 0.6 is 11.3 Å². The van der Waals surface area contributed by atoms with Gasteiger partial charge in [-0.2, -0.15) is 0 Å². The second-order valence-corrected chi connectivity index (χ2v) is 7.07. The maximum Gasteiger partial charge on any atom is 0.254 e. The Morgan fingerprint density at radius 2 is 1.87 bits per heavy atom. The molecule has 1 aliphatic rings. The third kappa shape index (κ3) is 3.39. The van der Waals surface area contributed by atoms with Crippen LogP contribution in [0.15, 0.2) is 35.7 Å². The second kappa shape index (κ2) is 6.71. The number of para-hydroxylation sites is 1. The van der Waals surface area contributed by atoms with Crippen molar-refractivity contribution in [1.29, 1.82) is 0 Å². The highest BCUT2D eigenvalue weighted by molar-refractivity contribution is 7.10. The van der Waals surface area contributed by atoms with E-state index in [4.69, 9.17) is 0 Å². The van der Waals surface area contributed by atoms with Crippen LogP contribution in [0.2, 0.25) is 0 Å². The molecule has 23 heavy (non-hydrogen) atoms. The lowest BCUT2D eigenvalue weighted by atomic mass is 10.1. The van der Waals surface area contributed by atoms with Gasteiger partial charge < -0.3 is 9.80 Å². The number of nitrogens with zero attached hydrogens (tertiary/aromatic N) is 2. The first-order valence-corrected chi connectivity index (χ1v) is 8.81. The third-order valence-electron chi connectivity index (χ3n) is 4.20. The minimum Gasteiger partial charge on any atom is -0.366 e. The molecule has 0 bridgehead atoms. The SMILES string of the molecule is CC(C)c1cc(C(=O)N2CCN(c3ccccc3F)CC2)cs1. The summed E-state index contributed by atoms with van der Waals surface area (Å²) in [4.78, 5) is 17.7. The van der Waals surface area contributed by atoms with Crippen LogP contribution in [0.3, 0.4) is 0 Å². The Kier molecular flexibility index (Phi) is 4.66. The van der Waals surface area contributed by atoms with Crippen molar-refractivity contribution in [2.45, 2.75) is 19.8 Å². The van der Waals surface area contributed by atoms with Gasteiger partial charge in [-0.1, -0.05) is 26.0 Å². The van der Waals surface area contributed by atoms with Gasteiger partial charge in [0.2, 0.25) is 0 Å². The van der Waals surface area contributed by atoms with E-state index in [1.807, 2.05) is 27.3 Å². The number of thiophene rings is 1. The quantitative estimate of drug-likeness (QED) is 0.849. The standard InChI is InChI=1S/C18H21FN2OS/c1-13(2)17-11-14(12-23-17)18(22)21-9-7-20(8-10-21)16-6-4-3-5-15(16)19/h3-6,11-13H,7-10H2,1-2H3. The molecule has 0 N–H and O–H groups in total. The number of anilines is 1. The number of hydrogen-bond donors (Lipinski definition) is 0. The molecule has 5 heteroatoms. The van der Waals surface area contributed by atoms with E-state index in [-0.39, 0.29) is 11.7 Å². The molecule has 0 atom stereocenters. The van der Waals surface area contributed by atoms with Crippen molar-refractivity contribution < 1.29 is 9.18 Å². The Bertz CT molecular complexity index is 690. The number of carbonyl (C=O) groups is 1. The predicted octanol–water partition coefficient (Wildman–Crippen LogP) is 3.97. The monoisotopic (exact) mass is 332 g/mol. The van der Waals surface area contributed by atoms with Crippen LogP contribution in [0.1, 0.15) is 35.0 Å². The number of benzene rings is 1. The molecule has 0 aliphatic carbocycles. The van der Waals surface area contributed by atoms with Crippen molar-refractivity contribution in [3.8, 4) is 0 Å². The Morgan fingerprint density at radius 1 is 1.17 bits per heavy atom. The lowest BCUT2D eigenvalue weighted by molar-refractivity contribution is 0.0747. The number of amides is 1. The summed E-state index contributed by atoms with van der Waals surface area (Å²) in [5, 5.41) is 1.95. The first-order valence-electron chi connectivity index (χ1n) is 7.93. The fourth-order valence-corrected chi connectivity index (χ4v) is 3.71. The molecule has 3 rings (SSSR count). The Morgan fingerprint density at radius 3 is 2.48 bits per heavy atom. The van der Waals surface area contributed by atoms with Crippen LogP contribution in [0.25, 0.3) is 0 Å². The molecule has 122 valence electrons. The molecule has 1 fully saturated rings. The van der Waals surface area contributed by atoms with Crippen molar-refractivity contribution in [2.24, 2.45) is 0 Å². The van der Waals surface area contributed by atoms with E-state index < -0.39 is 0 Å². The Labute approximate surface area is 140 Å². The van der Waals surface area contributed by atoms with Gasteiger partial charge in [-0.3, -0.25) is 4.79 Å². The summed E-state index contributed by atoms with van der Waals surface area (Å²) in [6.45, 7) is 6.84. The molecule has 1 aromatic carbocycles. The largest absolute Gasteiger partial charge is 0.366 e. The number of halogens is 1. The highest BCUT2D eigenvalue weighted by Gasteiger charge is 2.24. The minimum atomic E-state index is -0.202. The van der Waals surface area contributed by atoms with Crippen LogP contribution in [0.4, 0.5) is 10.1 Å². The highest BCUT2D eigenvalue weighted by atomic mass is 32.1. The zero-order valence-corrected chi connectivity index (χ0v) is 14.3. The molecule has 2 heterocycles. The Balaban J connectivity index is 1.64. The molecule has 1 saturated heterocycles. The summed E-state index contributed by atoms with van der Waals surface area (Å²) in [6.07, 6.45) is 0. The molecular weight excluding hydrogens is 311 g/mol. The Hall–Kier alpha value is -1.88. The van der Waals surface area contributed by atoms with Crippen LogP contribution < -0.4 is 4.90 Å². The van der Waals surface area contributed by atoms with E-state index in [2.05, 4.69) is 13.8 Å². The smallest absolute Gasteiger partial charge is 0.254 e. The molecule has 3 nitrogen and oxygen atoms in total. The van der Waals surface area contributed by atoms with Gasteiger partial charge in [0, 0.05) is 36.4 Å². The normalized spacial score (nSPS) is 15.3. The number of carbonyl (C=O) groups excluding carboxylic acids is 1. The lowest BCUT2D eigenvalue weighted by Crippen LogP contribution is -2.49. The maximum absolute atomic E-state index is 13.9. The van der Waals surface area contributed by atoms with Crippen molar-refractivity contribution in [3.05, 3.63) is 52.0 Å². The van der Waals surface area contributed by atoms with Gasteiger partial charge >= 0.3 is 0 Å². The van der Waals surface area contributed by atoms with Gasteiger partial charge in [-0.25, -0.2) is 4.39 Å². The molecule has 0 saturated carbocycles. The molecule has 1 aromatic heterocycles. The van der Waals surface area contributed by atoms with Crippen LogP contribution in [0, 0.1) is 5.82 Å². The predicted molar refractivity (Wildman–Crippen MR) is 92.9 cm³/mol. The third-order valence-corrected chi connectivity index (χ3v) is 5.43. The van der Waals surface area contributed by atoms with Crippen LogP contribution in [0.5, 0.6) is 0 Å². The van der Waals surface area contributed by atoms with Crippen LogP contribution in [-0.4, -0.2) is 37.0 Å². The fraction of sp³-hybridized carbons (Fsp3) is 0.389. The van der Waals surface area contributed by atoms with Crippen molar-refractivity contribution in [1.82, 2.24) is 4.90 Å². The number of rotatable bonds is 3. The van der Waals surface area contributed by atoms with Gasteiger partial charge in [-0.05, 0) is 24.1 Å². The minimum absolute atomic E-state index is 0.0846. The van der Waals surface area contributed by atoms with E-state index >= 15 is 0 Å². The summed E-state index contributed by atoms with van der Waals surface area (Å²) in [7, 11) is 0. The van der Waals surface area contributed by atoms with Crippen molar-refractivity contribution in [2.75, 3.05) is 31.1 Å². The fourth-order valence-electron chi connectivity index (χ4n) is 2.81. The van der Waals surface area contributed by atoms with E-state index in [0.717, 1.165) is 5.56 Å². The summed E-state index contributed by atoms with van der Waals surface area (Å²) < 4.78 is 13.9. The highest BCUT2D eigenvalue weighted by Crippen LogP contribution is 2.25. The molecule has 0 radical (unpaired) electrons. The van der Waals surface area contributed by atoms with Crippen LogP contribution in [-0.2, 0) is 0 Å². The van der Waals surface area contributed by atoms with E-state index in [1.54, 1.807) is 23.5 Å². The van der Waals surface area contributed by atoms with Gasteiger partial charge in [-0.15, -0.1) is 11.3 Å². The average Bonchev–Trinajstić information content (AvgIpc) is 3.05. The molecule has 0 spiro atoms. The lowest BCUT2D eigenvalue weighted by Gasteiger charge is -2.36. The zero-order valence-electron chi connectivity index (χ0n) is 13.5. The summed E-state index contributed by atoms with van der Waals surface area (Å²) in [5.41, 5.74) is 1.40. The first-order chi connectivity index (χ1) is 11.1. The molecule has 0 unspecified atom stereocenters. The molecular formula is C18H21FN2OS. The molecule has 1 aliphatic heterocycles. The van der Waals surface area contributed by atoms with Crippen molar-refractivity contribution in [3.63, 3.8) is 0 Å². The number of piperazine rings is 1. The maximum atomic E-state index is 13.9. The molecule has 2 aromatic rings. The first kappa shape index (κ1) is 16.0. The summed E-state index contributed by atoms with van der Waals surface area (Å²) in [5.74, 6) is 0.326. The molecule has 1 amide bonds. The van der Waals surface area contributed by atoms with Gasteiger partial charge in [0.1, 0.15) is 5.82 Å². The zero-order chi connectivity index (χ0) is 16.4. The summed E-state index contributed by atoms with van der Waals surface area (Å²) in [6, 6.07) is 8.81. The van der Waals surface area contributed by atoms with E-state index in [0.29, 0.717) is 37.8 Å². The van der Waals surface area contributed by atoms with Gasteiger partial charge in [0.05, 0.1) is 11.3 Å². The van der Waals surface area contributed by atoms with Gasteiger partial charge in [0.25, 0.3) is 5.91 Å². The summed E-state index contributed by atoms with van der Waals surface area (Å²) >= 11 is 1.64. The van der Waals surface area contributed by atoms with Gasteiger partial charge in [0.15, 0.2) is 0 Å². The topological polar surface area (TPSA) is 23.6 Å². The average molecular weight is 332 g/mol. The van der Waals surface area contributed by atoms with Crippen molar-refractivity contribution >= 4 is 22.9 Å². The second-order valence-electron chi connectivity index (χ2n) is 6.12. The van der Waals surface area contributed by atoms with E-state index in [1.165, 1.54) is 10.9 Å². The van der Waals surface area contributed by atoms with E-state index in [9.17, 15) is 9.18 Å². The number of hydrogen-bond acceptors (Lipinski definition) is 3.